The SMILES string of the molecule is CNCC(=O)N[C@H](C)[C@H]1C(=O)N2C(C(=O)O)=C(S)[C@H](C)[C@@H]12. The summed E-state index contributed by atoms with van der Waals surface area (Å²) in [6.07, 6.45) is 0. The standard InChI is InChI=1S/C13H19N3O4S/c1-5-9-8(6(2)15-7(17)4-14-3)12(18)16(9)10(11(5)21)13(19)20/h5-6,8-9,14,21H,4H2,1-3H3,(H,15,17)(H,19,20)/t5-,6-,8-,9+/m1/s1. The van der Waals surface area contributed by atoms with Crippen LogP contribution < -0.4 is 10.6 Å². The van der Waals surface area contributed by atoms with E-state index in [9.17, 15) is 19.5 Å². The van der Waals surface area contributed by atoms with E-state index in [1.807, 2.05) is 6.92 Å². The molecular weight excluding hydrogens is 294 g/mol. The Balaban J connectivity index is 2.13. The van der Waals surface area contributed by atoms with Crippen LogP contribution in [0.5, 0.6) is 0 Å². The number of aliphatic carboxylic acids is 1. The highest BCUT2D eigenvalue weighted by Crippen LogP contribution is 2.48. The second-order valence-corrected chi connectivity index (χ2v) is 5.92. The third kappa shape index (κ3) is 2.42. The largest absolute Gasteiger partial charge is 0.477 e. The smallest absolute Gasteiger partial charge is 0.353 e. The van der Waals surface area contributed by atoms with Crippen LogP contribution in [0.15, 0.2) is 10.6 Å². The lowest BCUT2D eigenvalue weighted by Crippen LogP contribution is -2.66. The Kier molecular flexibility index (Phi) is 4.29. The van der Waals surface area contributed by atoms with Gasteiger partial charge in [0.05, 0.1) is 18.5 Å². The molecular formula is C13H19N3O4S. The van der Waals surface area contributed by atoms with E-state index in [0.717, 1.165) is 0 Å². The van der Waals surface area contributed by atoms with Gasteiger partial charge >= 0.3 is 5.97 Å². The summed E-state index contributed by atoms with van der Waals surface area (Å²) in [5.74, 6) is -2.18. The Morgan fingerprint density at radius 1 is 1.48 bits per heavy atom. The van der Waals surface area contributed by atoms with Crippen LogP contribution in [0.3, 0.4) is 0 Å². The van der Waals surface area contributed by atoms with E-state index in [-0.39, 0.29) is 42.1 Å². The maximum atomic E-state index is 12.3. The Hall–Kier alpha value is -1.54. The summed E-state index contributed by atoms with van der Waals surface area (Å²) in [6.45, 7) is 3.78. The van der Waals surface area contributed by atoms with E-state index < -0.39 is 11.9 Å². The molecule has 1 fully saturated rings. The molecule has 8 heteroatoms. The maximum absolute atomic E-state index is 12.3. The molecule has 0 saturated carbocycles. The molecule has 0 unspecified atom stereocenters. The molecule has 7 nitrogen and oxygen atoms in total. The summed E-state index contributed by atoms with van der Waals surface area (Å²) >= 11 is 4.24. The van der Waals surface area contributed by atoms with Crippen LogP contribution >= 0.6 is 12.6 Å². The van der Waals surface area contributed by atoms with Crippen LogP contribution in [0.2, 0.25) is 0 Å². The summed E-state index contributed by atoms with van der Waals surface area (Å²) in [6, 6.07) is -0.600. The molecule has 0 aromatic heterocycles. The second-order valence-electron chi connectivity index (χ2n) is 5.44. The number of hydrogen-bond acceptors (Lipinski definition) is 5. The van der Waals surface area contributed by atoms with Crippen molar-refractivity contribution in [2.24, 2.45) is 11.8 Å². The molecule has 3 N–H and O–H groups in total. The van der Waals surface area contributed by atoms with Gasteiger partial charge in [-0.15, -0.1) is 12.6 Å². The number of β-lactam (4-membered cyclic amide) rings is 1. The fraction of sp³-hybridized carbons (Fsp3) is 0.615. The first-order valence-corrected chi connectivity index (χ1v) is 7.19. The van der Waals surface area contributed by atoms with Crippen molar-refractivity contribution in [2.45, 2.75) is 25.9 Å². The number of likely N-dealkylation sites (N-methyl/N-ethyl adjacent to an activating group) is 1. The van der Waals surface area contributed by atoms with Gasteiger partial charge in [-0.2, -0.15) is 0 Å². The van der Waals surface area contributed by atoms with Crippen LogP contribution in [0.1, 0.15) is 13.8 Å². The van der Waals surface area contributed by atoms with Crippen molar-refractivity contribution in [2.75, 3.05) is 13.6 Å². The molecule has 0 bridgehead atoms. The van der Waals surface area contributed by atoms with Gasteiger partial charge in [-0.25, -0.2) is 4.79 Å². The number of thiol groups is 1. The number of nitrogens with one attached hydrogen (secondary N) is 2. The molecule has 2 aliphatic rings. The Bertz CT molecular complexity index is 534. The molecule has 0 spiro atoms. The minimum Gasteiger partial charge on any atom is -0.477 e. The second kappa shape index (κ2) is 5.69. The Labute approximate surface area is 128 Å². The predicted octanol–water partition coefficient (Wildman–Crippen LogP) is -0.587. The fourth-order valence-corrected chi connectivity index (χ4v) is 3.46. The predicted molar refractivity (Wildman–Crippen MR) is 78.5 cm³/mol. The summed E-state index contributed by atoms with van der Waals surface area (Å²) in [5.41, 5.74) is -0.0363. The van der Waals surface area contributed by atoms with Gasteiger partial charge < -0.3 is 20.6 Å². The molecule has 0 aromatic carbocycles. The first-order valence-electron chi connectivity index (χ1n) is 6.74. The first-order chi connectivity index (χ1) is 9.81. The van der Waals surface area contributed by atoms with Gasteiger partial charge in [0.1, 0.15) is 5.70 Å². The highest BCUT2D eigenvalue weighted by atomic mass is 32.1. The molecule has 0 radical (unpaired) electrons. The zero-order valence-corrected chi connectivity index (χ0v) is 13.0. The molecule has 0 aromatic rings. The highest BCUT2D eigenvalue weighted by Gasteiger charge is 2.59. The zero-order valence-electron chi connectivity index (χ0n) is 12.1. The number of hydrogen-bond donors (Lipinski definition) is 4. The third-order valence-electron chi connectivity index (χ3n) is 4.08. The van der Waals surface area contributed by atoms with Gasteiger partial charge in [0.25, 0.3) is 0 Å². The molecule has 2 aliphatic heterocycles. The van der Waals surface area contributed by atoms with Crippen molar-refractivity contribution in [1.82, 2.24) is 15.5 Å². The van der Waals surface area contributed by atoms with Crippen molar-refractivity contribution in [3.63, 3.8) is 0 Å². The summed E-state index contributed by atoms with van der Waals surface area (Å²) in [4.78, 5) is 36.8. The monoisotopic (exact) mass is 313 g/mol. The molecule has 116 valence electrons. The highest BCUT2D eigenvalue weighted by molar-refractivity contribution is 7.84. The van der Waals surface area contributed by atoms with Crippen LogP contribution in [-0.2, 0) is 14.4 Å². The number of carbonyl (C=O) groups excluding carboxylic acids is 2. The van der Waals surface area contributed by atoms with Gasteiger partial charge in [0.15, 0.2) is 0 Å². The van der Waals surface area contributed by atoms with Gasteiger partial charge in [-0.05, 0) is 14.0 Å². The molecule has 2 amide bonds. The van der Waals surface area contributed by atoms with Crippen molar-refractivity contribution in [3.8, 4) is 0 Å². The van der Waals surface area contributed by atoms with Crippen molar-refractivity contribution in [1.29, 1.82) is 0 Å². The molecule has 2 heterocycles. The summed E-state index contributed by atoms with van der Waals surface area (Å²) < 4.78 is 0. The van der Waals surface area contributed by atoms with Crippen LogP contribution in [0.4, 0.5) is 0 Å². The lowest BCUT2D eigenvalue weighted by atomic mass is 9.78. The topological polar surface area (TPSA) is 98.7 Å². The molecule has 1 saturated heterocycles. The van der Waals surface area contributed by atoms with Crippen molar-refractivity contribution < 1.29 is 19.5 Å². The lowest BCUT2D eigenvalue weighted by molar-refractivity contribution is -0.158. The number of nitrogens with zero attached hydrogens (tertiary/aromatic N) is 1. The molecule has 0 aliphatic carbocycles. The van der Waals surface area contributed by atoms with E-state index in [1.54, 1.807) is 14.0 Å². The van der Waals surface area contributed by atoms with Crippen LogP contribution in [0.25, 0.3) is 0 Å². The van der Waals surface area contributed by atoms with Gasteiger partial charge in [0, 0.05) is 16.9 Å². The third-order valence-corrected chi connectivity index (χ3v) is 4.70. The summed E-state index contributed by atoms with van der Waals surface area (Å²) in [7, 11) is 1.66. The number of carboxylic acid groups (broad SMARTS) is 1. The quantitative estimate of drug-likeness (QED) is 0.402. The summed E-state index contributed by atoms with van der Waals surface area (Å²) in [5, 5.41) is 14.7. The van der Waals surface area contributed by atoms with Gasteiger partial charge in [-0.3, -0.25) is 9.59 Å². The Morgan fingerprint density at radius 3 is 2.62 bits per heavy atom. The van der Waals surface area contributed by atoms with Crippen molar-refractivity contribution in [3.05, 3.63) is 10.6 Å². The number of carbonyl (C=O) groups is 3. The van der Waals surface area contributed by atoms with E-state index in [0.29, 0.717) is 4.91 Å². The number of amides is 2. The minimum atomic E-state index is -1.15. The van der Waals surface area contributed by atoms with Gasteiger partial charge in [-0.1, -0.05) is 6.92 Å². The van der Waals surface area contributed by atoms with Crippen LogP contribution in [0, 0.1) is 11.8 Å². The number of fused-ring (bicyclic) bond motifs is 1. The molecule has 2 rings (SSSR count). The first kappa shape index (κ1) is 15.8. The number of carboxylic acids is 1. The average Bonchev–Trinajstić information content (AvgIpc) is 2.60. The zero-order chi connectivity index (χ0) is 15.9. The Morgan fingerprint density at radius 2 is 2.10 bits per heavy atom. The van der Waals surface area contributed by atoms with E-state index in [4.69, 9.17) is 0 Å². The number of rotatable bonds is 5. The minimum absolute atomic E-state index is 0.0363. The van der Waals surface area contributed by atoms with E-state index in [1.165, 1.54) is 4.90 Å². The fourth-order valence-electron chi connectivity index (χ4n) is 3.10. The average molecular weight is 313 g/mol. The maximum Gasteiger partial charge on any atom is 0.353 e. The lowest BCUT2D eigenvalue weighted by Gasteiger charge is -2.47. The molecule has 4 atom stereocenters. The molecule has 21 heavy (non-hydrogen) atoms. The van der Waals surface area contributed by atoms with Crippen LogP contribution in [-0.4, -0.2) is 53.5 Å². The van der Waals surface area contributed by atoms with Crippen molar-refractivity contribution >= 4 is 30.4 Å². The van der Waals surface area contributed by atoms with Gasteiger partial charge in [0.2, 0.25) is 11.8 Å². The normalized spacial score (nSPS) is 29.0. The van der Waals surface area contributed by atoms with E-state index in [2.05, 4.69) is 23.3 Å². The van der Waals surface area contributed by atoms with E-state index >= 15 is 0 Å².